The maximum atomic E-state index is 12.5. The zero-order chi connectivity index (χ0) is 15.9. The van der Waals surface area contributed by atoms with Crippen LogP contribution < -0.4 is 5.32 Å². The summed E-state index contributed by atoms with van der Waals surface area (Å²) in [5.41, 5.74) is -1.07. The van der Waals surface area contributed by atoms with Crippen LogP contribution in [0, 0.1) is 5.92 Å². The van der Waals surface area contributed by atoms with E-state index in [0.29, 0.717) is 31.8 Å². The Bertz CT molecular complexity index is 349. The van der Waals surface area contributed by atoms with Crippen molar-refractivity contribution in [3.63, 3.8) is 0 Å². The molecule has 1 aliphatic carbocycles. The molecule has 1 saturated carbocycles. The summed E-state index contributed by atoms with van der Waals surface area (Å²) in [5.74, 6) is -0.469. The van der Waals surface area contributed by atoms with Gasteiger partial charge >= 0.3 is 12.0 Å². The minimum absolute atomic E-state index is 0.234. The number of carbonyl (C=O) groups excluding carboxylic acids is 1. The van der Waals surface area contributed by atoms with Gasteiger partial charge in [0.05, 0.1) is 0 Å². The molecule has 1 unspecified atom stereocenters. The van der Waals surface area contributed by atoms with E-state index in [2.05, 4.69) is 19.2 Å². The van der Waals surface area contributed by atoms with Gasteiger partial charge in [-0.2, -0.15) is 0 Å². The van der Waals surface area contributed by atoms with Crippen molar-refractivity contribution in [1.29, 1.82) is 0 Å². The molecule has 122 valence electrons. The summed E-state index contributed by atoms with van der Waals surface area (Å²) in [4.78, 5) is 25.9. The normalized spacial score (nSPS) is 19.4. The molecule has 0 radical (unpaired) electrons. The first kappa shape index (κ1) is 17.8. The fraction of sp³-hybridized carbons (Fsp3) is 0.875. The Kier molecular flexibility index (Phi) is 6.99. The van der Waals surface area contributed by atoms with Crippen LogP contribution in [0.2, 0.25) is 0 Å². The van der Waals surface area contributed by atoms with E-state index in [0.717, 1.165) is 32.1 Å². The Hall–Kier alpha value is -1.26. The van der Waals surface area contributed by atoms with E-state index >= 15 is 0 Å². The number of rotatable bonds is 6. The monoisotopic (exact) mass is 298 g/mol. The number of aliphatic carboxylic acids is 1. The van der Waals surface area contributed by atoms with E-state index in [9.17, 15) is 14.7 Å². The zero-order valence-corrected chi connectivity index (χ0v) is 13.7. The minimum Gasteiger partial charge on any atom is -0.480 e. The van der Waals surface area contributed by atoms with Gasteiger partial charge in [-0.05, 0) is 25.7 Å². The average Bonchev–Trinajstić information content (AvgIpc) is 2.70. The number of hydrogen-bond acceptors (Lipinski definition) is 2. The van der Waals surface area contributed by atoms with Gasteiger partial charge in [0.25, 0.3) is 0 Å². The van der Waals surface area contributed by atoms with E-state index in [-0.39, 0.29) is 6.03 Å². The first-order valence-corrected chi connectivity index (χ1v) is 8.25. The molecule has 1 atom stereocenters. The molecule has 0 heterocycles. The van der Waals surface area contributed by atoms with Crippen LogP contribution in [0.3, 0.4) is 0 Å². The molecule has 2 amide bonds. The lowest BCUT2D eigenvalue weighted by Gasteiger charge is -2.33. The van der Waals surface area contributed by atoms with Crippen molar-refractivity contribution in [3.05, 3.63) is 0 Å². The highest BCUT2D eigenvalue weighted by molar-refractivity contribution is 5.86. The number of nitrogens with one attached hydrogen (secondary N) is 1. The number of urea groups is 1. The van der Waals surface area contributed by atoms with Crippen LogP contribution in [-0.4, -0.2) is 40.6 Å². The number of carbonyl (C=O) groups is 2. The average molecular weight is 298 g/mol. The van der Waals surface area contributed by atoms with E-state index in [1.165, 1.54) is 0 Å². The van der Waals surface area contributed by atoms with E-state index in [4.69, 9.17) is 0 Å². The van der Waals surface area contributed by atoms with Crippen LogP contribution >= 0.6 is 0 Å². The minimum atomic E-state index is -1.07. The molecule has 1 aliphatic rings. The molecule has 2 N–H and O–H groups in total. The lowest BCUT2D eigenvalue weighted by molar-refractivity contribution is -0.145. The number of hydrogen-bond donors (Lipinski definition) is 2. The quantitative estimate of drug-likeness (QED) is 0.740. The number of amides is 2. The molecule has 0 saturated heterocycles. The maximum Gasteiger partial charge on any atom is 0.329 e. The predicted octanol–water partition coefficient (Wildman–Crippen LogP) is 3.24. The Balaban J connectivity index is 2.77. The smallest absolute Gasteiger partial charge is 0.329 e. The van der Waals surface area contributed by atoms with Crippen molar-refractivity contribution in [2.24, 2.45) is 5.92 Å². The predicted molar refractivity (Wildman–Crippen MR) is 83.3 cm³/mol. The second-order valence-corrected chi connectivity index (χ2v) is 6.28. The third-order valence-electron chi connectivity index (χ3n) is 4.61. The lowest BCUT2D eigenvalue weighted by Crippen LogP contribution is -2.58. The van der Waals surface area contributed by atoms with Gasteiger partial charge in [-0.25, -0.2) is 9.59 Å². The molecule has 0 aliphatic heterocycles. The molecule has 0 spiro atoms. The molecular formula is C16H30N2O3. The van der Waals surface area contributed by atoms with Gasteiger partial charge in [-0.3, -0.25) is 0 Å². The Morgan fingerprint density at radius 1 is 1.19 bits per heavy atom. The molecule has 0 aromatic heterocycles. The van der Waals surface area contributed by atoms with Crippen LogP contribution in [0.15, 0.2) is 0 Å². The van der Waals surface area contributed by atoms with Crippen molar-refractivity contribution in [2.75, 3.05) is 13.1 Å². The van der Waals surface area contributed by atoms with Gasteiger partial charge in [0.1, 0.15) is 5.54 Å². The maximum absolute atomic E-state index is 12.5. The number of carboxylic acid groups (broad SMARTS) is 1. The third-order valence-corrected chi connectivity index (χ3v) is 4.61. The number of carboxylic acids is 1. The van der Waals surface area contributed by atoms with Gasteiger partial charge in [-0.1, -0.05) is 46.0 Å². The molecular weight excluding hydrogens is 268 g/mol. The van der Waals surface area contributed by atoms with Crippen molar-refractivity contribution in [2.45, 2.75) is 71.3 Å². The first-order chi connectivity index (χ1) is 9.95. The van der Waals surface area contributed by atoms with Crippen LogP contribution in [0.4, 0.5) is 4.79 Å². The van der Waals surface area contributed by atoms with E-state index in [1.54, 1.807) is 4.90 Å². The van der Waals surface area contributed by atoms with Crippen molar-refractivity contribution < 1.29 is 14.7 Å². The molecule has 1 fully saturated rings. The van der Waals surface area contributed by atoms with Crippen LogP contribution in [-0.2, 0) is 4.79 Å². The van der Waals surface area contributed by atoms with Gasteiger partial charge < -0.3 is 15.3 Å². The third kappa shape index (κ3) is 4.90. The van der Waals surface area contributed by atoms with E-state index in [1.807, 2.05) is 6.92 Å². The summed E-state index contributed by atoms with van der Waals surface area (Å²) in [6.45, 7) is 7.41. The Morgan fingerprint density at radius 3 is 2.19 bits per heavy atom. The van der Waals surface area contributed by atoms with Gasteiger partial charge in [0, 0.05) is 13.1 Å². The van der Waals surface area contributed by atoms with Crippen LogP contribution in [0.1, 0.15) is 65.7 Å². The largest absolute Gasteiger partial charge is 0.480 e. The molecule has 0 bridgehead atoms. The topological polar surface area (TPSA) is 69.6 Å². The summed E-state index contributed by atoms with van der Waals surface area (Å²) in [5, 5.41) is 12.5. The van der Waals surface area contributed by atoms with Gasteiger partial charge in [-0.15, -0.1) is 0 Å². The van der Waals surface area contributed by atoms with Crippen molar-refractivity contribution in [1.82, 2.24) is 10.2 Å². The highest BCUT2D eigenvalue weighted by Crippen LogP contribution is 2.27. The van der Waals surface area contributed by atoms with Crippen molar-refractivity contribution in [3.8, 4) is 0 Å². The van der Waals surface area contributed by atoms with Crippen LogP contribution in [0.5, 0.6) is 0 Å². The highest BCUT2D eigenvalue weighted by Gasteiger charge is 2.40. The van der Waals surface area contributed by atoms with E-state index < -0.39 is 11.5 Å². The SMILES string of the molecule is CCC(C)CN(CC)C(=O)NC1(C(=O)O)CCCCCC1. The second-order valence-electron chi connectivity index (χ2n) is 6.28. The lowest BCUT2D eigenvalue weighted by atomic mass is 9.90. The summed E-state index contributed by atoms with van der Waals surface area (Å²) >= 11 is 0. The fourth-order valence-electron chi connectivity index (χ4n) is 2.87. The Morgan fingerprint density at radius 2 is 1.76 bits per heavy atom. The summed E-state index contributed by atoms with van der Waals surface area (Å²) in [6.07, 6.45) is 5.91. The van der Waals surface area contributed by atoms with Gasteiger partial charge in [0.2, 0.25) is 0 Å². The highest BCUT2D eigenvalue weighted by atomic mass is 16.4. The number of nitrogens with zero attached hydrogens (tertiary/aromatic N) is 1. The Labute approximate surface area is 128 Å². The summed E-state index contributed by atoms with van der Waals surface area (Å²) in [7, 11) is 0. The molecule has 5 nitrogen and oxygen atoms in total. The molecule has 0 aromatic carbocycles. The summed E-state index contributed by atoms with van der Waals surface area (Å²) in [6, 6.07) is -0.234. The zero-order valence-electron chi connectivity index (χ0n) is 13.7. The molecule has 1 rings (SSSR count). The standard InChI is InChI=1S/C16H30N2O3/c1-4-13(3)12-18(5-2)15(21)17-16(14(19)20)10-8-6-7-9-11-16/h13H,4-12H2,1-3H3,(H,17,21)(H,19,20). The fourth-order valence-corrected chi connectivity index (χ4v) is 2.87. The van der Waals surface area contributed by atoms with Crippen molar-refractivity contribution >= 4 is 12.0 Å². The van der Waals surface area contributed by atoms with Crippen LogP contribution in [0.25, 0.3) is 0 Å². The molecule has 0 aromatic rings. The first-order valence-electron chi connectivity index (χ1n) is 8.25. The molecule has 5 heteroatoms. The molecule has 21 heavy (non-hydrogen) atoms. The van der Waals surface area contributed by atoms with Gasteiger partial charge in [0.15, 0.2) is 0 Å². The summed E-state index contributed by atoms with van der Waals surface area (Å²) < 4.78 is 0. The second kappa shape index (κ2) is 8.25.